The predicted octanol–water partition coefficient (Wildman–Crippen LogP) is 3.88. The van der Waals surface area contributed by atoms with Gasteiger partial charge in [-0.15, -0.1) is 0 Å². The Bertz CT molecular complexity index is 1700. The van der Waals surface area contributed by atoms with Gasteiger partial charge in [0, 0.05) is 36.3 Å². The molecule has 4 aromatic rings. The van der Waals surface area contributed by atoms with Crippen LogP contribution < -0.4 is 5.32 Å². The smallest absolute Gasteiger partial charge is 0.248 e. The van der Waals surface area contributed by atoms with Crippen molar-refractivity contribution in [1.82, 2.24) is 34.6 Å². The number of rotatable bonds is 6. The number of halogens is 1. The third kappa shape index (κ3) is 4.55. The maximum atomic E-state index is 13.8. The van der Waals surface area contributed by atoms with Crippen LogP contribution in [-0.2, 0) is 16.1 Å². The van der Waals surface area contributed by atoms with E-state index in [0.29, 0.717) is 39.3 Å². The van der Waals surface area contributed by atoms with Crippen molar-refractivity contribution < 1.29 is 14.4 Å². The van der Waals surface area contributed by atoms with Crippen molar-refractivity contribution in [3.63, 3.8) is 0 Å². The van der Waals surface area contributed by atoms with Gasteiger partial charge in [0.1, 0.15) is 28.7 Å². The minimum Gasteiger partial charge on any atom is -0.325 e. The number of hydrogen-bond acceptors (Lipinski definition) is 8. The lowest BCUT2D eigenvalue weighted by Gasteiger charge is -2.27. The summed E-state index contributed by atoms with van der Waals surface area (Å²) in [4.78, 5) is 58.2. The Morgan fingerprint density at radius 2 is 1.82 bits per heavy atom. The second kappa shape index (κ2) is 9.54. The number of amides is 2. The Hall–Kier alpha value is -4.06. The summed E-state index contributed by atoms with van der Waals surface area (Å²) < 4.78 is 2.09. The molecule has 1 saturated heterocycles. The molecular formula is C28H27BrN8O3. The summed E-state index contributed by atoms with van der Waals surface area (Å²) in [5.41, 5.74) is 3.45. The van der Waals surface area contributed by atoms with E-state index in [9.17, 15) is 14.4 Å². The monoisotopic (exact) mass is 602 g/mol. The van der Waals surface area contributed by atoms with Crippen molar-refractivity contribution in [1.29, 1.82) is 0 Å². The zero-order chi connectivity index (χ0) is 28.3. The lowest BCUT2D eigenvalue weighted by atomic mass is 10.0. The highest BCUT2D eigenvalue weighted by atomic mass is 79.9. The van der Waals surface area contributed by atoms with E-state index in [0.717, 1.165) is 23.1 Å². The van der Waals surface area contributed by atoms with Crippen LogP contribution in [0.3, 0.4) is 0 Å². The lowest BCUT2D eigenvalue weighted by molar-refractivity contribution is -0.138. The van der Waals surface area contributed by atoms with Gasteiger partial charge in [0.15, 0.2) is 11.6 Å². The summed E-state index contributed by atoms with van der Waals surface area (Å²) in [7, 11) is 0. The molecule has 1 aliphatic heterocycles. The number of carbonyl (C=O) groups is 3. The maximum Gasteiger partial charge on any atom is 0.248 e. The van der Waals surface area contributed by atoms with Crippen molar-refractivity contribution in [3.05, 3.63) is 58.6 Å². The number of benzene rings is 1. The van der Waals surface area contributed by atoms with Gasteiger partial charge in [0.05, 0.1) is 17.9 Å². The summed E-state index contributed by atoms with van der Waals surface area (Å²) in [6.07, 6.45) is 7.89. The highest BCUT2D eigenvalue weighted by molar-refractivity contribution is 9.10. The van der Waals surface area contributed by atoms with Crippen molar-refractivity contribution >= 4 is 50.2 Å². The Kier molecular flexibility index (Phi) is 6.25. The van der Waals surface area contributed by atoms with Crippen molar-refractivity contribution in [3.8, 4) is 11.1 Å². The fourth-order valence-corrected chi connectivity index (χ4v) is 6.10. The standard InChI is InChI=1S/C28H27BrN8O3/c1-14-5-17(18-9-31-16(3)32-10-18)6-19-25(15(2)38)35-36(26(14)19)13-24(39)37-20(7-28(4)8-21(28)37)27(40)34-23-12-30-11-22(29)33-23/h5-6,9-12,20-21H,7-8,13H2,1-4H3,(H,33,34,40)/t20-,21+,28-/m0/s1. The largest absolute Gasteiger partial charge is 0.325 e. The van der Waals surface area contributed by atoms with Gasteiger partial charge in [-0.25, -0.2) is 15.0 Å². The van der Waals surface area contributed by atoms with Gasteiger partial charge in [0.2, 0.25) is 11.8 Å². The van der Waals surface area contributed by atoms with Gasteiger partial charge in [-0.3, -0.25) is 24.0 Å². The summed E-state index contributed by atoms with van der Waals surface area (Å²) in [6, 6.07) is 3.21. The second-order valence-corrected chi connectivity index (χ2v) is 11.7. The number of piperidine rings is 1. The molecule has 6 rings (SSSR count). The number of ketones is 1. The molecule has 1 N–H and O–H groups in total. The summed E-state index contributed by atoms with van der Waals surface area (Å²) in [5.74, 6) is 0.262. The summed E-state index contributed by atoms with van der Waals surface area (Å²) in [5, 5.41) is 8.04. The van der Waals surface area contributed by atoms with E-state index in [4.69, 9.17) is 0 Å². The van der Waals surface area contributed by atoms with E-state index in [1.165, 1.54) is 19.3 Å². The van der Waals surface area contributed by atoms with Crippen LogP contribution in [0.2, 0.25) is 0 Å². The van der Waals surface area contributed by atoms with Crippen LogP contribution in [0.1, 0.15) is 48.6 Å². The number of anilines is 1. The molecular weight excluding hydrogens is 576 g/mol. The molecule has 40 heavy (non-hydrogen) atoms. The number of carbonyl (C=O) groups excluding carboxylic acids is 3. The first-order chi connectivity index (χ1) is 19.0. The molecule has 12 heteroatoms. The normalized spacial score (nSPS) is 21.4. The zero-order valence-corrected chi connectivity index (χ0v) is 24.1. The molecule has 0 spiro atoms. The molecule has 2 amide bonds. The Morgan fingerprint density at radius 3 is 2.52 bits per heavy atom. The van der Waals surface area contributed by atoms with Crippen LogP contribution in [-0.4, -0.2) is 64.3 Å². The van der Waals surface area contributed by atoms with Crippen LogP contribution >= 0.6 is 15.9 Å². The molecule has 204 valence electrons. The van der Waals surface area contributed by atoms with Crippen LogP contribution in [0, 0.1) is 19.3 Å². The average Bonchev–Trinajstić information content (AvgIpc) is 3.25. The summed E-state index contributed by atoms with van der Waals surface area (Å²) >= 11 is 3.26. The van der Waals surface area contributed by atoms with Crippen LogP contribution in [0.15, 0.2) is 41.5 Å². The second-order valence-electron chi connectivity index (χ2n) is 10.9. The Labute approximate surface area is 238 Å². The first kappa shape index (κ1) is 26.2. The van der Waals surface area contributed by atoms with E-state index in [2.05, 4.69) is 53.2 Å². The molecule has 2 aliphatic rings. The van der Waals surface area contributed by atoms with E-state index < -0.39 is 6.04 Å². The maximum absolute atomic E-state index is 13.8. The Balaban J connectivity index is 1.32. The van der Waals surface area contributed by atoms with Crippen LogP contribution in [0.4, 0.5) is 5.82 Å². The zero-order valence-electron chi connectivity index (χ0n) is 22.5. The third-order valence-corrected chi connectivity index (χ3v) is 8.23. The number of nitrogens with zero attached hydrogens (tertiary/aromatic N) is 7. The third-order valence-electron chi connectivity index (χ3n) is 7.85. The van der Waals surface area contributed by atoms with Crippen molar-refractivity contribution in [2.45, 2.75) is 59.2 Å². The number of Topliss-reactive ketones (excluding diaryl/α,β-unsaturated/α-hetero) is 1. The van der Waals surface area contributed by atoms with E-state index in [-0.39, 0.29) is 35.6 Å². The average molecular weight is 603 g/mol. The minimum absolute atomic E-state index is 0.0207. The van der Waals surface area contributed by atoms with Gasteiger partial charge in [-0.05, 0) is 71.3 Å². The van der Waals surface area contributed by atoms with Crippen LogP contribution in [0.5, 0.6) is 0 Å². The van der Waals surface area contributed by atoms with Crippen molar-refractivity contribution in [2.75, 3.05) is 5.32 Å². The highest BCUT2D eigenvalue weighted by Crippen LogP contribution is 2.59. The van der Waals surface area contributed by atoms with Gasteiger partial charge in [0.25, 0.3) is 0 Å². The molecule has 11 nitrogen and oxygen atoms in total. The number of aromatic nitrogens is 6. The predicted molar refractivity (Wildman–Crippen MR) is 150 cm³/mol. The minimum atomic E-state index is -0.639. The molecule has 3 aromatic heterocycles. The first-order valence-electron chi connectivity index (χ1n) is 12.9. The fourth-order valence-electron chi connectivity index (χ4n) is 5.79. The quantitative estimate of drug-likeness (QED) is 0.328. The van der Waals surface area contributed by atoms with Gasteiger partial charge >= 0.3 is 0 Å². The van der Waals surface area contributed by atoms with E-state index in [1.54, 1.807) is 22.0 Å². The molecule has 1 aliphatic carbocycles. The number of fused-ring (bicyclic) bond motifs is 2. The number of likely N-dealkylation sites (tertiary alicyclic amines) is 1. The lowest BCUT2D eigenvalue weighted by Crippen LogP contribution is -2.46. The van der Waals surface area contributed by atoms with Gasteiger partial charge in [-0.1, -0.05) is 6.92 Å². The first-order valence-corrected chi connectivity index (χ1v) is 13.7. The Morgan fingerprint density at radius 1 is 1.07 bits per heavy atom. The topological polar surface area (TPSA) is 136 Å². The highest BCUT2D eigenvalue weighted by Gasteiger charge is 2.64. The van der Waals surface area contributed by atoms with Crippen molar-refractivity contribution in [2.24, 2.45) is 5.41 Å². The molecule has 1 saturated carbocycles. The van der Waals surface area contributed by atoms with Gasteiger partial charge < -0.3 is 10.2 Å². The molecule has 2 fully saturated rings. The van der Waals surface area contributed by atoms with Gasteiger partial charge in [-0.2, -0.15) is 5.10 Å². The fraction of sp³-hybridized carbons (Fsp3) is 0.357. The SMILES string of the molecule is CC(=O)c1nn(CC(=O)N2[C@H](C(=O)Nc3cncc(Br)n3)C[C@@]3(C)C[C@@H]23)c2c(C)cc(-c3cnc(C)nc3)cc12. The summed E-state index contributed by atoms with van der Waals surface area (Å²) in [6.45, 7) is 7.22. The number of nitrogens with one attached hydrogen (secondary N) is 1. The van der Waals surface area contributed by atoms with E-state index >= 15 is 0 Å². The molecule has 3 atom stereocenters. The number of hydrogen-bond donors (Lipinski definition) is 1. The van der Waals surface area contributed by atoms with E-state index in [1.807, 2.05) is 26.0 Å². The molecule has 1 aromatic carbocycles. The number of aryl methyl sites for hydroxylation is 2. The molecule has 0 radical (unpaired) electrons. The molecule has 0 bridgehead atoms. The van der Waals surface area contributed by atoms with Crippen LogP contribution in [0.25, 0.3) is 22.0 Å². The molecule has 0 unspecified atom stereocenters. The molecule has 4 heterocycles.